The van der Waals surface area contributed by atoms with E-state index in [1.807, 2.05) is 51.1 Å². The first kappa shape index (κ1) is 17.7. The molecule has 4 nitrogen and oxygen atoms in total. The van der Waals surface area contributed by atoms with E-state index in [2.05, 4.69) is 16.0 Å². The van der Waals surface area contributed by atoms with Gasteiger partial charge in [0.2, 0.25) is 0 Å². The van der Waals surface area contributed by atoms with Crippen molar-refractivity contribution in [3.05, 3.63) is 58.0 Å². The Morgan fingerprint density at radius 1 is 1.24 bits per heavy atom. The van der Waals surface area contributed by atoms with Crippen molar-refractivity contribution in [2.45, 2.75) is 27.2 Å². The number of carbonyl (C=O) groups is 1. The van der Waals surface area contributed by atoms with E-state index in [4.69, 9.17) is 23.8 Å². The van der Waals surface area contributed by atoms with Crippen LogP contribution in [0.2, 0.25) is 5.02 Å². The molecule has 2 heterocycles. The number of hydrogen-bond acceptors (Lipinski definition) is 2. The largest absolute Gasteiger partial charge is 0.328 e. The summed E-state index contributed by atoms with van der Waals surface area (Å²) in [6.07, 6.45) is 2.74. The summed E-state index contributed by atoms with van der Waals surface area (Å²) in [5.74, 6) is -0.0665. The van der Waals surface area contributed by atoms with E-state index in [1.54, 1.807) is 4.90 Å². The Hall–Kier alpha value is -2.11. The van der Waals surface area contributed by atoms with E-state index in [0.29, 0.717) is 22.4 Å². The molecule has 0 unspecified atom stereocenters. The summed E-state index contributed by atoms with van der Waals surface area (Å²) in [6, 6.07) is 9.78. The second-order valence-electron chi connectivity index (χ2n) is 6.08. The SMILES string of the molecule is CCCN1C(=O)/C(=C/c2cc(C)n(-c3ccc(Cl)cc3)c2C)NC1=S. The van der Waals surface area contributed by atoms with Gasteiger partial charge in [-0.25, -0.2) is 0 Å². The van der Waals surface area contributed by atoms with E-state index in [0.717, 1.165) is 29.1 Å². The number of hydrogen-bond donors (Lipinski definition) is 1. The second-order valence-corrected chi connectivity index (χ2v) is 6.91. The monoisotopic (exact) mass is 373 g/mol. The number of aromatic nitrogens is 1. The van der Waals surface area contributed by atoms with E-state index in [1.165, 1.54) is 0 Å². The molecule has 2 aromatic rings. The Labute approximate surface area is 158 Å². The lowest BCUT2D eigenvalue weighted by Gasteiger charge is -2.11. The zero-order valence-electron chi connectivity index (χ0n) is 14.5. The van der Waals surface area contributed by atoms with Crippen molar-refractivity contribution in [1.29, 1.82) is 0 Å². The van der Waals surface area contributed by atoms with Crippen LogP contribution in [-0.4, -0.2) is 27.0 Å². The third-order valence-electron chi connectivity index (χ3n) is 4.26. The highest BCUT2D eigenvalue weighted by Crippen LogP contribution is 2.24. The van der Waals surface area contributed by atoms with Gasteiger partial charge in [-0.05, 0) is 74.5 Å². The van der Waals surface area contributed by atoms with Crippen LogP contribution in [0.5, 0.6) is 0 Å². The normalized spacial score (nSPS) is 16.0. The van der Waals surface area contributed by atoms with Crippen molar-refractivity contribution >= 4 is 40.9 Å². The van der Waals surface area contributed by atoms with Crippen LogP contribution in [0.25, 0.3) is 11.8 Å². The molecule has 6 heteroatoms. The number of nitrogens with one attached hydrogen (secondary N) is 1. The first-order valence-corrected chi connectivity index (χ1v) is 9.00. The van der Waals surface area contributed by atoms with E-state index >= 15 is 0 Å². The molecule has 0 radical (unpaired) electrons. The molecule has 3 rings (SSSR count). The topological polar surface area (TPSA) is 37.3 Å². The molecule has 0 spiro atoms. The molecule has 25 heavy (non-hydrogen) atoms. The zero-order chi connectivity index (χ0) is 18.1. The number of aryl methyl sites for hydroxylation is 1. The summed E-state index contributed by atoms with van der Waals surface area (Å²) >= 11 is 11.2. The highest BCUT2D eigenvalue weighted by atomic mass is 35.5. The van der Waals surface area contributed by atoms with Crippen LogP contribution in [0.4, 0.5) is 0 Å². The molecule has 1 fully saturated rings. The minimum atomic E-state index is -0.0665. The predicted molar refractivity (Wildman–Crippen MR) is 106 cm³/mol. The lowest BCUT2D eigenvalue weighted by molar-refractivity contribution is -0.122. The maximum Gasteiger partial charge on any atom is 0.276 e. The minimum Gasteiger partial charge on any atom is -0.328 e. The van der Waals surface area contributed by atoms with Gasteiger partial charge in [0.15, 0.2) is 5.11 Å². The van der Waals surface area contributed by atoms with Crippen molar-refractivity contribution in [3.8, 4) is 5.69 Å². The molecule has 0 bridgehead atoms. The number of carbonyl (C=O) groups excluding carboxylic acids is 1. The highest BCUT2D eigenvalue weighted by Gasteiger charge is 2.30. The van der Waals surface area contributed by atoms with Crippen LogP contribution in [-0.2, 0) is 4.79 Å². The van der Waals surface area contributed by atoms with Crippen molar-refractivity contribution in [2.75, 3.05) is 6.54 Å². The molecule has 1 N–H and O–H groups in total. The van der Waals surface area contributed by atoms with Crippen molar-refractivity contribution in [3.63, 3.8) is 0 Å². The van der Waals surface area contributed by atoms with Gasteiger partial charge in [-0.15, -0.1) is 0 Å². The fraction of sp³-hybridized carbons (Fsp3) is 0.263. The molecule has 0 atom stereocenters. The van der Waals surface area contributed by atoms with Gasteiger partial charge in [0, 0.05) is 28.6 Å². The van der Waals surface area contributed by atoms with Crippen molar-refractivity contribution < 1.29 is 4.79 Å². The molecule has 1 aromatic carbocycles. The van der Waals surface area contributed by atoms with Gasteiger partial charge >= 0.3 is 0 Å². The van der Waals surface area contributed by atoms with Crippen LogP contribution < -0.4 is 5.32 Å². The number of nitrogens with zero attached hydrogens (tertiary/aromatic N) is 2. The van der Waals surface area contributed by atoms with Crippen LogP contribution >= 0.6 is 23.8 Å². The van der Waals surface area contributed by atoms with Crippen LogP contribution in [0, 0.1) is 13.8 Å². The number of amides is 1. The summed E-state index contributed by atoms with van der Waals surface area (Å²) in [5.41, 5.74) is 4.70. The van der Waals surface area contributed by atoms with Gasteiger partial charge in [-0.1, -0.05) is 18.5 Å². The molecular formula is C19H20ClN3OS. The molecule has 0 aliphatic carbocycles. The number of thiocarbonyl (C=S) groups is 1. The standard InChI is InChI=1S/C19H20ClN3OS/c1-4-9-22-18(24)17(21-19(22)25)11-14-10-12(2)23(13(14)3)16-7-5-15(20)6-8-16/h5-8,10-11H,4,9H2,1-3H3,(H,21,25)/b17-11-. The Kier molecular flexibility index (Phi) is 4.97. The summed E-state index contributed by atoms with van der Waals surface area (Å²) in [7, 11) is 0. The lowest BCUT2D eigenvalue weighted by atomic mass is 10.2. The molecule has 1 aliphatic rings. The van der Waals surface area contributed by atoms with Crippen LogP contribution in [0.15, 0.2) is 36.0 Å². The average Bonchev–Trinajstić information content (AvgIpc) is 3.00. The molecule has 1 saturated heterocycles. The summed E-state index contributed by atoms with van der Waals surface area (Å²) in [4.78, 5) is 14.1. The van der Waals surface area contributed by atoms with Gasteiger partial charge in [-0.3, -0.25) is 9.69 Å². The Morgan fingerprint density at radius 3 is 2.56 bits per heavy atom. The van der Waals surface area contributed by atoms with Crippen molar-refractivity contribution in [1.82, 2.24) is 14.8 Å². The summed E-state index contributed by atoms with van der Waals surface area (Å²) < 4.78 is 2.14. The fourth-order valence-corrected chi connectivity index (χ4v) is 3.49. The van der Waals surface area contributed by atoms with E-state index in [-0.39, 0.29) is 5.91 Å². The third-order valence-corrected chi connectivity index (χ3v) is 4.84. The smallest absolute Gasteiger partial charge is 0.276 e. The fourth-order valence-electron chi connectivity index (χ4n) is 3.08. The predicted octanol–water partition coefficient (Wildman–Crippen LogP) is 4.22. The van der Waals surface area contributed by atoms with Gasteiger partial charge in [0.25, 0.3) is 5.91 Å². The first-order valence-electron chi connectivity index (χ1n) is 8.21. The van der Waals surface area contributed by atoms with Gasteiger partial charge in [-0.2, -0.15) is 0 Å². The van der Waals surface area contributed by atoms with Gasteiger partial charge in [0.1, 0.15) is 5.70 Å². The van der Waals surface area contributed by atoms with Crippen molar-refractivity contribution in [2.24, 2.45) is 0 Å². The molecule has 0 saturated carbocycles. The minimum absolute atomic E-state index is 0.0665. The maximum absolute atomic E-state index is 12.5. The maximum atomic E-state index is 12.5. The lowest BCUT2D eigenvalue weighted by Crippen LogP contribution is -2.31. The molecule has 130 valence electrons. The summed E-state index contributed by atoms with van der Waals surface area (Å²) in [5, 5.41) is 4.22. The quantitative estimate of drug-likeness (QED) is 0.644. The Morgan fingerprint density at radius 2 is 1.92 bits per heavy atom. The second kappa shape index (κ2) is 7.02. The van der Waals surface area contributed by atoms with E-state index in [9.17, 15) is 4.79 Å². The molecule has 1 aliphatic heterocycles. The molecule has 1 aromatic heterocycles. The number of rotatable bonds is 4. The number of benzene rings is 1. The Balaban J connectivity index is 1.97. The van der Waals surface area contributed by atoms with Gasteiger partial charge in [0.05, 0.1) is 0 Å². The average molecular weight is 374 g/mol. The number of halogens is 1. The molecule has 1 amide bonds. The third kappa shape index (κ3) is 3.34. The van der Waals surface area contributed by atoms with Crippen LogP contribution in [0.1, 0.15) is 30.3 Å². The summed E-state index contributed by atoms with van der Waals surface area (Å²) in [6.45, 7) is 6.74. The highest BCUT2D eigenvalue weighted by molar-refractivity contribution is 7.80. The van der Waals surface area contributed by atoms with Gasteiger partial charge < -0.3 is 9.88 Å². The molecular weight excluding hydrogens is 354 g/mol. The first-order chi connectivity index (χ1) is 11.9. The Bertz CT molecular complexity index is 868. The van der Waals surface area contributed by atoms with E-state index < -0.39 is 0 Å². The van der Waals surface area contributed by atoms with Crippen LogP contribution in [0.3, 0.4) is 0 Å². The zero-order valence-corrected chi connectivity index (χ0v) is 16.0.